The first kappa shape index (κ1) is 12.2. The maximum atomic E-state index is 11.0. The smallest absolute Gasteiger partial charge is 0.186 e. The fourth-order valence-electron chi connectivity index (χ4n) is 3.49. The summed E-state index contributed by atoms with van der Waals surface area (Å²) in [5.41, 5.74) is 0.892. The summed E-state index contributed by atoms with van der Waals surface area (Å²) >= 11 is 1.57. The van der Waals surface area contributed by atoms with Crippen LogP contribution in [0.3, 0.4) is 0 Å². The number of aldehydes is 1. The molecule has 18 heavy (non-hydrogen) atoms. The molecule has 1 saturated carbocycles. The van der Waals surface area contributed by atoms with E-state index >= 15 is 0 Å². The van der Waals surface area contributed by atoms with E-state index in [9.17, 15) is 4.79 Å². The lowest BCUT2D eigenvalue weighted by molar-refractivity contribution is 0.112. The fourth-order valence-corrected chi connectivity index (χ4v) is 4.45. The van der Waals surface area contributed by atoms with Crippen LogP contribution >= 0.6 is 11.3 Å². The summed E-state index contributed by atoms with van der Waals surface area (Å²) in [6.45, 7) is 3.05. The molecule has 98 valence electrons. The molecule has 0 amide bonds. The van der Waals surface area contributed by atoms with E-state index in [2.05, 4.69) is 9.88 Å². The minimum Gasteiger partial charge on any atom is -0.345 e. The Bertz CT molecular complexity index is 441. The first-order valence-corrected chi connectivity index (χ1v) is 7.80. The SMILES string of the molecule is Cc1nc(N2CCC[C@H]3CCCC[C@H]32)sc1C=O. The van der Waals surface area contributed by atoms with Crippen LogP contribution in [0.2, 0.25) is 0 Å². The van der Waals surface area contributed by atoms with Crippen LogP contribution in [0.5, 0.6) is 0 Å². The highest BCUT2D eigenvalue weighted by atomic mass is 32.1. The quantitative estimate of drug-likeness (QED) is 0.767. The van der Waals surface area contributed by atoms with Crippen LogP contribution in [0.15, 0.2) is 0 Å². The molecular weight excluding hydrogens is 244 g/mol. The summed E-state index contributed by atoms with van der Waals surface area (Å²) in [4.78, 5) is 18.8. The molecule has 0 radical (unpaired) electrons. The van der Waals surface area contributed by atoms with Gasteiger partial charge in [-0.2, -0.15) is 0 Å². The Labute approximate surface area is 112 Å². The molecule has 0 bridgehead atoms. The Kier molecular flexibility index (Phi) is 3.37. The number of anilines is 1. The van der Waals surface area contributed by atoms with Crippen molar-refractivity contribution in [2.24, 2.45) is 5.92 Å². The predicted octanol–water partition coefficient (Wildman–Crippen LogP) is 3.42. The summed E-state index contributed by atoms with van der Waals surface area (Å²) in [5, 5.41) is 1.08. The van der Waals surface area contributed by atoms with E-state index in [4.69, 9.17) is 0 Å². The molecule has 3 rings (SSSR count). The number of aryl methyl sites for hydroxylation is 1. The number of carbonyl (C=O) groups excluding carboxylic acids is 1. The van der Waals surface area contributed by atoms with Gasteiger partial charge in [-0.25, -0.2) is 4.98 Å². The standard InChI is InChI=1S/C14H20N2OS/c1-10-13(9-17)18-14(15-10)16-8-4-6-11-5-2-3-7-12(11)16/h9,11-12H,2-8H2,1H3/t11-,12-/m1/s1. The van der Waals surface area contributed by atoms with Gasteiger partial charge in [-0.05, 0) is 38.5 Å². The second-order valence-electron chi connectivity index (χ2n) is 5.51. The second kappa shape index (κ2) is 5.00. The first-order valence-electron chi connectivity index (χ1n) is 6.99. The topological polar surface area (TPSA) is 33.2 Å². The molecule has 1 aromatic rings. The monoisotopic (exact) mass is 264 g/mol. The van der Waals surface area contributed by atoms with Gasteiger partial charge in [0, 0.05) is 12.6 Å². The van der Waals surface area contributed by atoms with Crippen molar-refractivity contribution < 1.29 is 4.79 Å². The largest absolute Gasteiger partial charge is 0.345 e. The molecule has 1 aliphatic heterocycles. The van der Waals surface area contributed by atoms with Crippen LogP contribution in [-0.4, -0.2) is 23.9 Å². The van der Waals surface area contributed by atoms with Gasteiger partial charge in [0.15, 0.2) is 11.4 Å². The van der Waals surface area contributed by atoms with Crippen LogP contribution in [0.4, 0.5) is 5.13 Å². The van der Waals surface area contributed by atoms with E-state index in [0.717, 1.165) is 34.5 Å². The van der Waals surface area contributed by atoms with E-state index in [1.165, 1.54) is 38.5 Å². The third-order valence-electron chi connectivity index (χ3n) is 4.42. The zero-order valence-electron chi connectivity index (χ0n) is 10.9. The average molecular weight is 264 g/mol. The number of fused-ring (bicyclic) bond motifs is 1. The Balaban J connectivity index is 1.86. The lowest BCUT2D eigenvalue weighted by Gasteiger charge is -2.44. The first-order chi connectivity index (χ1) is 8.79. The summed E-state index contributed by atoms with van der Waals surface area (Å²) < 4.78 is 0. The predicted molar refractivity (Wildman–Crippen MR) is 74.6 cm³/mol. The van der Waals surface area contributed by atoms with Crippen LogP contribution < -0.4 is 4.90 Å². The molecular formula is C14H20N2OS. The van der Waals surface area contributed by atoms with Gasteiger partial charge in [-0.1, -0.05) is 24.2 Å². The van der Waals surface area contributed by atoms with Crippen LogP contribution in [0.25, 0.3) is 0 Å². The molecule has 1 aromatic heterocycles. The number of nitrogens with zero attached hydrogens (tertiary/aromatic N) is 2. The van der Waals surface area contributed by atoms with Crippen molar-refractivity contribution >= 4 is 22.8 Å². The van der Waals surface area contributed by atoms with Gasteiger partial charge in [-0.3, -0.25) is 4.79 Å². The summed E-state index contributed by atoms with van der Waals surface area (Å²) in [6, 6.07) is 0.678. The van der Waals surface area contributed by atoms with E-state index < -0.39 is 0 Å². The molecule has 0 N–H and O–H groups in total. The Morgan fingerprint density at radius 3 is 2.83 bits per heavy atom. The lowest BCUT2D eigenvalue weighted by Crippen LogP contribution is -2.46. The van der Waals surface area contributed by atoms with E-state index in [1.54, 1.807) is 11.3 Å². The lowest BCUT2D eigenvalue weighted by atomic mass is 9.78. The van der Waals surface area contributed by atoms with Gasteiger partial charge in [0.1, 0.15) is 0 Å². The Morgan fingerprint density at radius 2 is 2.06 bits per heavy atom. The maximum Gasteiger partial charge on any atom is 0.186 e. The molecule has 2 aliphatic rings. The van der Waals surface area contributed by atoms with E-state index in [-0.39, 0.29) is 0 Å². The fraction of sp³-hybridized carbons (Fsp3) is 0.714. The minimum absolute atomic E-state index is 0.678. The number of piperidine rings is 1. The summed E-state index contributed by atoms with van der Waals surface area (Å²) in [7, 11) is 0. The van der Waals surface area contributed by atoms with Gasteiger partial charge >= 0.3 is 0 Å². The molecule has 4 heteroatoms. The van der Waals surface area contributed by atoms with Crippen molar-refractivity contribution in [3.63, 3.8) is 0 Å². The van der Waals surface area contributed by atoms with Crippen molar-refractivity contribution in [3.8, 4) is 0 Å². The number of carbonyl (C=O) groups is 1. The van der Waals surface area contributed by atoms with Crippen molar-refractivity contribution in [1.82, 2.24) is 4.98 Å². The highest BCUT2D eigenvalue weighted by Gasteiger charge is 2.34. The molecule has 0 spiro atoms. The van der Waals surface area contributed by atoms with E-state index in [1.807, 2.05) is 6.92 Å². The normalized spacial score (nSPS) is 27.9. The van der Waals surface area contributed by atoms with E-state index in [0.29, 0.717) is 6.04 Å². The molecule has 2 heterocycles. The van der Waals surface area contributed by atoms with Gasteiger partial charge in [0.25, 0.3) is 0 Å². The van der Waals surface area contributed by atoms with Gasteiger partial charge < -0.3 is 4.90 Å². The zero-order chi connectivity index (χ0) is 12.5. The number of thiazole rings is 1. The minimum atomic E-state index is 0.678. The average Bonchev–Trinajstić information content (AvgIpc) is 2.79. The summed E-state index contributed by atoms with van der Waals surface area (Å²) in [5.74, 6) is 0.858. The number of aromatic nitrogens is 1. The molecule has 0 aromatic carbocycles. The Morgan fingerprint density at radius 1 is 1.28 bits per heavy atom. The number of rotatable bonds is 2. The highest BCUT2D eigenvalue weighted by Crippen LogP contribution is 2.39. The molecule has 2 atom stereocenters. The van der Waals surface area contributed by atoms with Gasteiger partial charge in [0.2, 0.25) is 0 Å². The zero-order valence-corrected chi connectivity index (χ0v) is 11.7. The van der Waals surface area contributed by atoms with Crippen LogP contribution in [0, 0.1) is 12.8 Å². The molecule has 3 nitrogen and oxygen atoms in total. The van der Waals surface area contributed by atoms with Gasteiger partial charge in [-0.15, -0.1) is 0 Å². The molecule has 1 aliphatic carbocycles. The second-order valence-corrected chi connectivity index (χ2v) is 6.52. The molecule has 1 saturated heterocycles. The number of hydrogen-bond acceptors (Lipinski definition) is 4. The van der Waals surface area contributed by atoms with Crippen LogP contribution in [-0.2, 0) is 0 Å². The van der Waals surface area contributed by atoms with Crippen molar-refractivity contribution in [2.45, 2.75) is 51.5 Å². The molecule has 0 unspecified atom stereocenters. The third kappa shape index (κ3) is 2.07. The maximum absolute atomic E-state index is 11.0. The van der Waals surface area contributed by atoms with Crippen molar-refractivity contribution in [2.75, 3.05) is 11.4 Å². The molecule has 2 fully saturated rings. The third-order valence-corrected chi connectivity index (χ3v) is 5.54. The summed E-state index contributed by atoms with van der Waals surface area (Å²) in [6.07, 6.45) is 9.03. The van der Waals surface area contributed by atoms with Crippen LogP contribution in [0.1, 0.15) is 53.9 Å². The van der Waals surface area contributed by atoms with Crippen molar-refractivity contribution in [1.29, 1.82) is 0 Å². The highest BCUT2D eigenvalue weighted by molar-refractivity contribution is 7.17. The van der Waals surface area contributed by atoms with Gasteiger partial charge in [0.05, 0.1) is 10.6 Å². The Hall–Kier alpha value is -0.900. The number of hydrogen-bond donors (Lipinski definition) is 0. The van der Waals surface area contributed by atoms with Crippen molar-refractivity contribution in [3.05, 3.63) is 10.6 Å².